The highest BCUT2D eigenvalue weighted by Crippen LogP contribution is 2.31. The molecule has 0 heterocycles. The molecule has 0 bridgehead atoms. The lowest BCUT2D eigenvalue weighted by molar-refractivity contribution is 0.102. The van der Waals surface area contributed by atoms with Crippen molar-refractivity contribution in [3.63, 3.8) is 0 Å². The molecule has 6 heteroatoms. The molecule has 3 aromatic carbocycles. The van der Waals surface area contributed by atoms with Crippen LogP contribution in [0.2, 0.25) is 0 Å². The predicted molar refractivity (Wildman–Crippen MR) is 119 cm³/mol. The molecule has 0 aromatic heterocycles. The average Bonchev–Trinajstić information content (AvgIpc) is 2.65. The quantitative estimate of drug-likeness (QED) is 0.376. The zero-order chi connectivity index (χ0) is 21.1. The smallest absolute Gasteiger partial charge is 0.259 e. The molecule has 150 valence electrons. The van der Waals surface area contributed by atoms with Gasteiger partial charge in [-0.05, 0) is 76.9 Å². The molecule has 0 saturated carbocycles. The summed E-state index contributed by atoms with van der Waals surface area (Å²) in [5.41, 5.74) is 2.12. The molecule has 1 amide bonds. The lowest BCUT2D eigenvalue weighted by Gasteiger charge is -2.14. The maximum absolute atomic E-state index is 14.6. The lowest BCUT2D eigenvalue weighted by atomic mass is 10.0. The Hall–Kier alpha value is -2.48. The van der Waals surface area contributed by atoms with Crippen LogP contribution >= 0.6 is 22.6 Å². The van der Waals surface area contributed by atoms with Gasteiger partial charge in [0.1, 0.15) is 11.6 Å². The number of rotatable bonds is 5. The molecule has 0 spiro atoms. The molecule has 0 radical (unpaired) electrons. The summed E-state index contributed by atoms with van der Waals surface area (Å²) in [4.78, 5) is 12.4. The van der Waals surface area contributed by atoms with Crippen LogP contribution in [0, 0.1) is 22.1 Å². The summed E-state index contributed by atoms with van der Waals surface area (Å²) in [6.07, 6.45) is 0. The van der Waals surface area contributed by atoms with Gasteiger partial charge >= 0.3 is 0 Å². The average molecular weight is 507 g/mol. The number of carbonyl (C=O) groups is 1. The Morgan fingerprint density at radius 1 is 1.00 bits per heavy atom. The van der Waals surface area contributed by atoms with Gasteiger partial charge in [0.2, 0.25) is 0 Å². The maximum Gasteiger partial charge on any atom is 0.259 e. The van der Waals surface area contributed by atoms with Crippen LogP contribution in [0.15, 0.2) is 54.6 Å². The summed E-state index contributed by atoms with van der Waals surface area (Å²) in [6, 6.07) is 14.3. The molecule has 0 aliphatic heterocycles. The molecule has 29 heavy (non-hydrogen) atoms. The van der Waals surface area contributed by atoms with Crippen molar-refractivity contribution in [1.29, 1.82) is 0 Å². The number of nitrogens with one attached hydrogen (secondary N) is 1. The van der Waals surface area contributed by atoms with Crippen molar-refractivity contribution in [3.8, 4) is 11.5 Å². The van der Waals surface area contributed by atoms with Gasteiger partial charge in [-0.3, -0.25) is 4.79 Å². The second-order valence-corrected chi connectivity index (χ2v) is 8.14. The van der Waals surface area contributed by atoms with Crippen molar-refractivity contribution in [3.05, 3.63) is 86.5 Å². The maximum atomic E-state index is 14.6. The van der Waals surface area contributed by atoms with Gasteiger partial charge in [0.05, 0.1) is 5.56 Å². The Bertz CT molecular complexity index is 1050. The van der Waals surface area contributed by atoms with Gasteiger partial charge in [-0.1, -0.05) is 32.0 Å². The second kappa shape index (κ2) is 8.90. The zero-order valence-corrected chi connectivity index (χ0v) is 18.4. The van der Waals surface area contributed by atoms with Gasteiger partial charge in [-0.25, -0.2) is 8.78 Å². The van der Waals surface area contributed by atoms with E-state index in [0.717, 1.165) is 17.2 Å². The molecule has 0 aliphatic rings. The standard InChI is InChI=1S/C23H20F2INO2/c1-13(2)15-8-7-14(3)21(11-15)29-20-10-9-16(12-18(20)25)27-23(28)22-17(24)5-4-6-19(22)26/h4-13H,1-3H3,(H,27,28). The van der Waals surface area contributed by atoms with Crippen LogP contribution in [0.5, 0.6) is 11.5 Å². The van der Waals surface area contributed by atoms with Crippen LogP contribution in [0.1, 0.15) is 41.3 Å². The Kier molecular flexibility index (Phi) is 6.52. The molecule has 3 aromatic rings. The SMILES string of the molecule is Cc1ccc(C(C)C)cc1Oc1ccc(NC(=O)c2c(F)cccc2I)cc1F. The minimum atomic E-state index is -0.638. The number of hydrogen-bond acceptors (Lipinski definition) is 2. The number of ether oxygens (including phenoxy) is 1. The minimum Gasteiger partial charge on any atom is -0.454 e. The first-order valence-electron chi connectivity index (χ1n) is 9.09. The summed E-state index contributed by atoms with van der Waals surface area (Å²) in [7, 11) is 0. The molecular formula is C23H20F2INO2. The van der Waals surface area contributed by atoms with E-state index in [9.17, 15) is 13.6 Å². The third-order valence-corrected chi connectivity index (χ3v) is 5.38. The Labute approximate surface area is 182 Å². The van der Waals surface area contributed by atoms with E-state index in [4.69, 9.17) is 4.74 Å². The highest BCUT2D eigenvalue weighted by atomic mass is 127. The molecule has 0 fully saturated rings. The Morgan fingerprint density at radius 3 is 2.41 bits per heavy atom. The van der Waals surface area contributed by atoms with Gasteiger partial charge in [0.15, 0.2) is 11.6 Å². The predicted octanol–water partition coefficient (Wildman–Crippen LogP) is 7.05. The van der Waals surface area contributed by atoms with Crippen LogP contribution in [0.3, 0.4) is 0 Å². The number of benzene rings is 3. The number of anilines is 1. The van der Waals surface area contributed by atoms with Gasteiger partial charge in [0, 0.05) is 15.3 Å². The topological polar surface area (TPSA) is 38.3 Å². The monoisotopic (exact) mass is 507 g/mol. The molecule has 0 aliphatic carbocycles. The highest BCUT2D eigenvalue weighted by Gasteiger charge is 2.17. The van der Waals surface area contributed by atoms with Gasteiger partial charge < -0.3 is 10.1 Å². The molecule has 3 rings (SSSR count). The third kappa shape index (κ3) is 4.93. The fraction of sp³-hybridized carbons (Fsp3) is 0.174. The first-order chi connectivity index (χ1) is 13.8. The first kappa shape index (κ1) is 21.2. The fourth-order valence-electron chi connectivity index (χ4n) is 2.77. The molecular weight excluding hydrogens is 487 g/mol. The normalized spacial score (nSPS) is 10.9. The first-order valence-corrected chi connectivity index (χ1v) is 10.2. The van der Waals surface area contributed by atoms with E-state index in [1.165, 1.54) is 24.3 Å². The Morgan fingerprint density at radius 2 is 1.76 bits per heavy atom. The number of carbonyl (C=O) groups excluding carboxylic acids is 1. The van der Waals surface area contributed by atoms with Crippen LogP contribution in [0.25, 0.3) is 0 Å². The van der Waals surface area contributed by atoms with E-state index in [2.05, 4.69) is 19.2 Å². The molecule has 0 atom stereocenters. The van der Waals surface area contributed by atoms with Crippen molar-refractivity contribution in [2.24, 2.45) is 0 Å². The van der Waals surface area contributed by atoms with Crippen LogP contribution < -0.4 is 10.1 Å². The summed E-state index contributed by atoms with van der Waals surface area (Å²) >= 11 is 1.88. The molecule has 0 unspecified atom stereocenters. The molecule has 0 saturated heterocycles. The van der Waals surface area contributed by atoms with Crippen LogP contribution in [0.4, 0.5) is 14.5 Å². The van der Waals surface area contributed by atoms with Crippen LogP contribution in [-0.2, 0) is 0 Å². The van der Waals surface area contributed by atoms with Crippen molar-refractivity contribution < 1.29 is 18.3 Å². The number of amides is 1. The van der Waals surface area contributed by atoms with Crippen LogP contribution in [-0.4, -0.2) is 5.91 Å². The van der Waals surface area contributed by atoms with E-state index in [0.29, 0.717) is 15.2 Å². The van der Waals surface area contributed by atoms with Crippen molar-refractivity contribution >= 4 is 34.2 Å². The summed E-state index contributed by atoms with van der Waals surface area (Å²) in [5, 5.41) is 2.53. The van der Waals surface area contributed by atoms with E-state index in [1.807, 2.05) is 47.7 Å². The van der Waals surface area contributed by atoms with E-state index in [1.54, 1.807) is 6.07 Å². The third-order valence-electron chi connectivity index (χ3n) is 4.48. The number of halogens is 3. The second-order valence-electron chi connectivity index (χ2n) is 6.98. The van der Waals surface area contributed by atoms with Gasteiger partial charge in [-0.15, -0.1) is 0 Å². The van der Waals surface area contributed by atoms with E-state index < -0.39 is 17.5 Å². The summed E-state index contributed by atoms with van der Waals surface area (Å²) in [5.74, 6) is -0.946. The van der Waals surface area contributed by atoms with Crippen molar-refractivity contribution in [1.82, 2.24) is 0 Å². The molecule has 3 nitrogen and oxygen atoms in total. The van der Waals surface area contributed by atoms with Gasteiger partial charge in [0.25, 0.3) is 5.91 Å². The largest absolute Gasteiger partial charge is 0.454 e. The van der Waals surface area contributed by atoms with E-state index in [-0.39, 0.29) is 17.0 Å². The zero-order valence-electron chi connectivity index (χ0n) is 16.2. The van der Waals surface area contributed by atoms with Crippen molar-refractivity contribution in [2.75, 3.05) is 5.32 Å². The number of hydrogen-bond donors (Lipinski definition) is 1. The summed E-state index contributed by atoms with van der Waals surface area (Å²) in [6.45, 7) is 6.04. The highest BCUT2D eigenvalue weighted by molar-refractivity contribution is 14.1. The summed E-state index contributed by atoms with van der Waals surface area (Å²) < 4.78 is 34.8. The number of aryl methyl sites for hydroxylation is 1. The van der Waals surface area contributed by atoms with Crippen molar-refractivity contribution in [2.45, 2.75) is 26.7 Å². The molecule has 1 N–H and O–H groups in total. The Balaban J connectivity index is 1.81. The van der Waals surface area contributed by atoms with E-state index >= 15 is 0 Å². The fourth-order valence-corrected chi connectivity index (χ4v) is 3.48. The van der Waals surface area contributed by atoms with Gasteiger partial charge in [-0.2, -0.15) is 0 Å². The lowest BCUT2D eigenvalue weighted by Crippen LogP contribution is -2.15. The minimum absolute atomic E-state index is 0.0486.